The highest BCUT2D eigenvalue weighted by molar-refractivity contribution is 5.71. The zero-order chi connectivity index (χ0) is 69.0. The molecule has 1 N–H and O–H groups in total. The summed E-state index contributed by atoms with van der Waals surface area (Å²) in [6.45, 7) is 4.65. The molecule has 0 heterocycles. The molecule has 0 aromatic rings. The number of quaternary nitrogens is 1. The Morgan fingerprint density at radius 3 is 0.842 bits per heavy atom. The van der Waals surface area contributed by atoms with Crippen LogP contribution in [0, 0.1) is 0 Å². The smallest absolute Gasteiger partial charge is 0.361 e. The van der Waals surface area contributed by atoms with E-state index in [2.05, 4.69) is 184 Å². The minimum Gasteiger partial charge on any atom is -0.477 e. The molecule has 0 aromatic carbocycles. The molecule has 0 aromatic heterocycles. The first-order chi connectivity index (χ1) is 46.6. The lowest BCUT2D eigenvalue weighted by atomic mass is 10.0. The van der Waals surface area contributed by atoms with Gasteiger partial charge < -0.3 is 28.5 Å². The van der Waals surface area contributed by atoms with E-state index in [1.807, 2.05) is 21.1 Å². The summed E-state index contributed by atoms with van der Waals surface area (Å²) in [6.07, 6.45) is 109. The van der Waals surface area contributed by atoms with Gasteiger partial charge in [0.15, 0.2) is 6.10 Å². The Morgan fingerprint density at radius 1 is 0.316 bits per heavy atom. The predicted molar refractivity (Wildman–Crippen MR) is 410 cm³/mol. The monoisotopic (exact) mass is 1320 g/mol. The lowest BCUT2D eigenvalue weighted by Gasteiger charge is -2.25. The Morgan fingerprint density at radius 2 is 0.568 bits per heavy atom. The molecule has 9 heteroatoms. The number of rotatable bonds is 69. The van der Waals surface area contributed by atoms with Gasteiger partial charge in [-0.25, -0.2) is 4.79 Å². The maximum absolute atomic E-state index is 13.0. The van der Waals surface area contributed by atoms with Crippen molar-refractivity contribution in [3.05, 3.63) is 170 Å². The lowest BCUT2D eigenvalue weighted by Crippen LogP contribution is -2.40. The molecular weight excluding hydrogens is 1170 g/mol. The average molecular weight is 1320 g/mol. The Labute approximate surface area is 584 Å². The number of nitrogens with zero attached hydrogens (tertiary/aromatic N) is 1. The summed E-state index contributed by atoms with van der Waals surface area (Å²) in [5.41, 5.74) is 0. The molecule has 95 heavy (non-hydrogen) atoms. The fourth-order valence-electron chi connectivity index (χ4n) is 10.2. The molecule has 0 fully saturated rings. The van der Waals surface area contributed by atoms with Crippen molar-refractivity contribution in [2.24, 2.45) is 0 Å². The number of likely N-dealkylation sites (N-methyl/N-ethyl adjacent to an activating group) is 1. The van der Waals surface area contributed by atoms with E-state index in [0.717, 1.165) is 128 Å². The van der Waals surface area contributed by atoms with Crippen LogP contribution in [-0.2, 0) is 33.3 Å². The first kappa shape index (κ1) is 89.6. The topological polar surface area (TPSA) is 108 Å². The van der Waals surface area contributed by atoms with E-state index in [-0.39, 0.29) is 32.2 Å². The summed E-state index contributed by atoms with van der Waals surface area (Å²) in [4.78, 5) is 37.7. The van der Waals surface area contributed by atoms with Gasteiger partial charge in [-0.15, -0.1) is 0 Å². The van der Waals surface area contributed by atoms with Crippen molar-refractivity contribution in [1.29, 1.82) is 0 Å². The van der Waals surface area contributed by atoms with Gasteiger partial charge in [-0.1, -0.05) is 325 Å². The van der Waals surface area contributed by atoms with Crippen LogP contribution in [0.3, 0.4) is 0 Å². The molecule has 0 saturated heterocycles. The van der Waals surface area contributed by atoms with Crippen LogP contribution >= 0.6 is 0 Å². The van der Waals surface area contributed by atoms with Crippen molar-refractivity contribution in [2.75, 3.05) is 47.5 Å². The molecule has 0 aliphatic rings. The minimum absolute atomic E-state index is 0.181. The van der Waals surface area contributed by atoms with E-state index in [4.69, 9.17) is 18.9 Å². The molecular formula is C86H142NO8+. The minimum atomic E-state index is -1.52. The van der Waals surface area contributed by atoms with Crippen molar-refractivity contribution >= 4 is 17.9 Å². The first-order valence-corrected chi connectivity index (χ1v) is 38.3. The summed E-state index contributed by atoms with van der Waals surface area (Å²) in [5, 5.41) is 9.77. The standard InChI is InChI=1S/C86H141NO8/c1-6-8-10-12-14-16-18-20-22-24-26-28-30-32-34-36-38-39-40-41-42-43-44-45-47-49-51-53-55-57-59-61-63-65-67-69-71-73-75-77-84(89)95-82(81-94-86(85(90)91)92-79-78-87(3,4)5)80-93-83(88)76-74-72-70-68-66-64-62-60-58-56-54-52-50-48-46-37-35-33-31-29-27-25-23-21-19-17-15-13-11-9-7-2/h8-11,14-17,20-23,26-29,32-35,38-39,41-42,44-46,48,82,86H,6-7,12-13,18-19,24-25,30-31,36-37,40,43,47,49-81H2,1-5H3/p+1/b10-8-,11-9-,16-14-,17-15-,22-20-,23-21-,28-26-,29-27-,34-32-,35-33-,39-38-,42-41-,45-44-,48-46-. The van der Waals surface area contributed by atoms with Gasteiger partial charge >= 0.3 is 17.9 Å². The Bertz CT molecular complexity index is 2170. The summed E-state index contributed by atoms with van der Waals surface area (Å²) in [6, 6.07) is 0. The quantitative estimate of drug-likeness (QED) is 0.0211. The van der Waals surface area contributed by atoms with Crippen LogP contribution in [0.5, 0.6) is 0 Å². The zero-order valence-electron chi connectivity index (χ0n) is 61.5. The maximum atomic E-state index is 13.0. The molecule has 0 bridgehead atoms. The molecule has 0 aliphatic heterocycles. The van der Waals surface area contributed by atoms with Crippen molar-refractivity contribution < 1.29 is 42.9 Å². The molecule has 0 rings (SSSR count). The van der Waals surface area contributed by atoms with Crippen molar-refractivity contribution in [3.63, 3.8) is 0 Å². The molecule has 9 nitrogen and oxygen atoms in total. The normalized spacial score (nSPS) is 13.7. The van der Waals surface area contributed by atoms with Crippen molar-refractivity contribution in [1.82, 2.24) is 0 Å². The predicted octanol–water partition coefficient (Wildman–Crippen LogP) is 24.6. The third-order valence-electron chi connectivity index (χ3n) is 16.0. The maximum Gasteiger partial charge on any atom is 0.361 e. The second kappa shape index (κ2) is 74.4. The second-order valence-corrected chi connectivity index (χ2v) is 26.2. The summed E-state index contributed by atoms with van der Waals surface area (Å²) in [7, 11) is 5.98. The van der Waals surface area contributed by atoms with Crippen molar-refractivity contribution in [2.45, 2.75) is 309 Å². The molecule has 2 atom stereocenters. The highest BCUT2D eigenvalue weighted by Crippen LogP contribution is 2.17. The van der Waals surface area contributed by atoms with E-state index in [1.54, 1.807) is 0 Å². The van der Waals surface area contributed by atoms with Crippen molar-refractivity contribution in [3.8, 4) is 0 Å². The fourth-order valence-corrected chi connectivity index (χ4v) is 10.2. The Balaban J connectivity index is 4.11. The molecule has 0 aliphatic carbocycles. The van der Waals surface area contributed by atoms with Gasteiger partial charge in [-0.3, -0.25) is 9.59 Å². The average Bonchev–Trinajstić information content (AvgIpc) is 2.92. The number of aliphatic carboxylic acids is 1. The van der Waals surface area contributed by atoms with Crippen LogP contribution in [-0.4, -0.2) is 87.4 Å². The third kappa shape index (κ3) is 75.9. The molecule has 0 amide bonds. The zero-order valence-corrected chi connectivity index (χ0v) is 61.5. The van der Waals surface area contributed by atoms with E-state index in [0.29, 0.717) is 23.9 Å². The first-order valence-electron chi connectivity index (χ1n) is 38.3. The number of hydrogen-bond acceptors (Lipinski definition) is 7. The van der Waals surface area contributed by atoms with Crippen LogP contribution in [0.1, 0.15) is 296 Å². The number of carboxylic acids is 1. The fraction of sp³-hybridized carbons (Fsp3) is 0.640. The molecule has 2 unspecified atom stereocenters. The number of unbranched alkanes of at least 4 members (excludes halogenated alkanes) is 26. The SMILES string of the molecule is CC/C=C\C/C=C\C/C=C\C/C=C\C/C=C\C/C=C\C/C=C\C/C=C\CCCCCCCCCCCCCCCCC(=O)OC(COC(=O)CCCCCCCCCCCCCC/C=C\C/C=C\C/C=C\C/C=C\C/C=C\C/C=C\CC)COC(OCC[N+](C)(C)C)C(=O)O. The van der Waals surface area contributed by atoms with Gasteiger partial charge in [0.05, 0.1) is 34.4 Å². The number of allylic oxidation sites excluding steroid dienone is 28. The third-order valence-corrected chi connectivity index (χ3v) is 16.0. The molecule has 0 spiro atoms. The van der Waals surface area contributed by atoms with Crippen LogP contribution in [0.25, 0.3) is 0 Å². The van der Waals surface area contributed by atoms with Crippen LogP contribution in [0.4, 0.5) is 0 Å². The number of hydrogen-bond donors (Lipinski definition) is 1. The Hall–Kier alpha value is -5.35. The second-order valence-electron chi connectivity index (χ2n) is 26.2. The van der Waals surface area contributed by atoms with Gasteiger partial charge in [0.1, 0.15) is 13.2 Å². The van der Waals surface area contributed by atoms with Crippen LogP contribution < -0.4 is 0 Å². The van der Waals surface area contributed by atoms with Gasteiger partial charge in [0, 0.05) is 12.8 Å². The highest BCUT2D eigenvalue weighted by atomic mass is 16.7. The molecule has 538 valence electrons. The highest BCUT2D eigenvalue weighted by Gasteiger charge is 2.25. The lowest BCUT2D eigenvalue weighted by molar-refractivity contribution is -0.870. The van der Waals surface area contributed by atoms with E-state index >= 15 is 0 Å². The summed E-state index contributed by atoms with van der Waals surface area (Å²) >= 11 is 0. The number of carbonyl (C=O) groups excluding carboxylic acids is 2. The van der Waals surface area contributed by atoms with Gasteiger partial charge in [-0.05, 0) is 128 Å². The molecule has 0 radical (unpaired) electrons. The van der Waals surface area contributed by atoms with E-state index < -0.39 is 24.3 Å². The number of ether oxygens (including phenoxy) is 4. The van der Waals surface area contributed by atoms with E-state index in [9.17, 15) is 19.5 Å². The number of esters is 2. The molecule has 0 saturated carbocycles. The Kier molecular flexibility index (Phi) is 70.2. The summed E-state index contributed by atoms with van der Waals surface area (Å²) in [5.74, 6) is -2.01. The van der Waals surface area contributed by atoms with Gasteiger partial charge in [0.25, 0.3) is 6.29 Å². The van der Waals surface area contributed by atoms with Gasteiger partial charge in [-0.2, -0.15) is 0 Å². The summed E-state index contributed by atoms with van der Waals surface area (Å²) < 4.78 is 23.0. The number of carbonyl (C=O) groups is 3. The largest absolute Gasteiger partial charge is 0.477 e. The van der Waals surface area contributed by atoms with Crippen LogP contribution in [0.2, 0.25) is 0 Å². The van der Waals surface area contributed by atoms with E-state index in [1.165, 1.54) is 135 Å². The van der Waals surface area contributed by atoms with Gasteiger partial charge in [0.2, 0.25) is 0 Å². The number of carboxylic acid groups (broad SMARTS) is 1. The van der Waals surface area contributed by atoms with Crippen LogP contribution in [0.15, 0.2) is 170 Å².